The highest BCUT2D eigenvalue weighted by atomic mass is 16.4. The first-order chi connectivity index (χ1) is 10.4. The van der Waals surface area contributed by atoms with Crippen molar-refractivity contribution in [1.29, 1.82) is 0 Å². The van der Waals surface area contributed by atoms with Gasteiger partial charge in [-0.3, -0.25) is 4.57 Å². The predicted octanol–water partition coefficient (Wildman–Crippen LogP) is 1.72. The number of hydrogen-bond acceptors (Lipinski definition) is 5. The summed E-state index contributed by atoms with van der Waals surface area (Å²) in [6.07, 6.45) is 2.39. The summed E-state index contributed by atoms with van der Waals surface area (Å²) in [5.74, 6) is -0.369. The van der Waals surface area contributed by atoms with E-state index in [2.05, 4.69) is 30.7 Å². The summed E-state index contributed by atoms with van der Waals surface area (Å²) in [5, 5.41) is 9.04. The van der Waals surface area contributed by atoms with E-state index >= 15 is 0 Å². The van der Waals surface area contributed by atoms with Gasteiger partial charge in [0.15, 0.2) is 11.2 Å². The van der Waals surface area contributed by atoms with Gasteiger partial charge in [-0.2, -0.15) is 0 Å². The minimum Gasteiger partial charge on any atom is -0.406 e. The van der Waals surface area contributed by atoms with Gasteiger partial charge in [0.05, 0.1) is 0 Å². The fourth-order valence-electron chi connectivity index (χ4n) is 2.57. The van der Waals surface area contributed by atoms with E-state index in [-0.39, 0.29) is 17.8 Å². The normalized spacial score (nSPS) is 12.4. The largest absolute Gasteiger partial charge is 0.421 e. The summed E-state index contributed by atoms with van der Waals surface area (Å²) < 4.78 is 6.77. The summed E-state index contributed by atoms with van der Waals surface area (Å²) in [7, 11) is 0. The summed E-state index contributed by atoms with van der Waals surface area (Å²) in [6, 6.07) is 3.50. The highest BCUT2D eigenvalue weighted by molar-refractivity contribution is 5.67. The molecule has 1 N–H and O–H groups in total. The average molecular weight is 307 g/mol. The summed E-state index contributed by atoms with van der Waals surface area (Å²) in [6.45, 7) is 9.69. The molecule has 2 heterocycles. The molecule has 6 nitrogen and oxygen atoms in total. The Morgan fingerprint density at radius 2 is 2.14 bits per heavy atom. The van der Waals surface area contributed by atoms with E-state index in [4.69, 9.17) is 9.52 Å². The van der Waals surface area contributed by atoms with Crippen LogP contribution in [0.2, 0.25) is 0 Å². The molecule has 22 heavy (non-hydrogen) atoms. The zero-order valence-electron chi connectivity index (χ0n) is 13.6. The van der Waals surface area contributed by atoms with Crippen molar-refractivity contribution in [3.63, 3.8) is 0 Å². The first-order valence-corrected chi connectivity index (χ1v) is 7.68. The lowest BCUT2D eigenvalue weighted by atomic mass is 9.96. The van der Waals surface area contributed by atoms with E-state index in [1.165, 1.54) is 0 Å². The molecule has 0 unspecified atom stereocenters. The van der Waals surface area contributed by atoms with Crippen LogP contribution in [0.1, 0.15) is 27.2 Å². The fraction of sp³-hybridized carbons (Fsp3) is 0.625. The zero-order valence-corrected chi connectivity index (χ0v) is 13.6. The number of rotatable bonds is 7. The summed E-state index contributed by atoms with van der Waals surface area (Å²) >= 11 is 0. The van der Waals surface area contributed by atoms with Crippen LogP contribution in [0.25, 0.3) is 11.2 Å². The highest BCUT2D eigenvalue weighted by Gasteiger charge is 2.17. The second-order valence-corrected chi connectivity index (χ2v) is 6.76. The standard InChI is InChI=1S/C16H25N3O3/c1-16(2,3)12-18(8-5-11-20)9-10-19-14-13(22-15(19)21)6-4-7-17-14/h4,6-7,20H,5,8-12H2,1-3H3. The van der Waals surface area contributed by atoms with Crippen LogP contribution in [0.5, 0.6) is 0 Å². The Kier molecular flexibility index (Phi) is 5.37. The molecule has 2 aromatic heterocycles. The Hall–Kier alpha value is -1.66. The summed E-state index contributed by atoms with van der Waals surface area (Å²) in [5.41, 5.74) is 1.27. The number of aliphatic hydroxyl groups is 1. The van der Waals surface area contributed by atoms with Gasteiger partial charge in [0.25, 0.3) is 0 Å². The molecule has 0 aromatic carbocycles. The third-order valence-electron chi connectivity index (χ3n) is 3.39. The Bertz CT molecular complexity index is 654. The zero-order chi connectivity index (χ0) is 16.2. The topological polar surface area (TPSA) is 71.5 Å². The first-order valence-electron chi connectivity index (χ1n) is 7.68. The van der Waals surface area contributed by atoms with E-state index < -0.39 is 0 Å². The maximum atomic E-state index is 11.9. The van der Waals surface area contributed by atoms with Gasteiger partial charge < -0.3 is 14.4 Å². The molecule has 0 aliphatic carbocycles. The van der Waals surface area contributed by atoms with Crippen molar-refractivity contribution in [1.82, 2.24) is 14.5 Å². The number of aliphatic hydroxyl groups excluding tert-OH is 1. The molecule has 0 radical (unpaired) electrons. The quantitative estimate of drug-likeness (QED) is 0.843. The number of nitrogens with zero attached hydrogens (tertiary/aromatic N) is 3. The Labute approximate surface area is 130 Å². The Balaban J connectivity index is 2.10. The van der Waals surface area contributed by atoms with Crippen LogP contribution in [0.4, 0.5) is 0 Å². The van der Waals surface area contributed by atoms with E-state index in [1.54, 1.807) is 22.9 Å². The first kappa shape index (κ1) is 16.7. The molecular weight excluding hydrogens is 282 g/mol. The van der Waals surface area contributed by atoms with Crippen molar-refractivity contribution in [2.45, 2.75) is 33.7 Å². The lowest BCUT2D eigenvalue weighted by Crippen LogP contribution is -2.37. The molecule has 0 fully saturated rings. The molecule has 0 spiro atoms. The Morgan fingerprint density at radius 1 is 1.36 bits per heavy atom. The van der Waals surface area contributed by atoms with Gasteiger partial charge in [0.1, 0.15) is 0 Å². The second-order valence-electron chi connectivity index (χ2n) is 6.76. The molecule has 2 aromatic rings. The predicted molar refractivity (Wildman–Crippen MR) is 85.9 cm³/mol. The smallest absolute Gasteiger partial charge is 0.406 e. The molecule has 0 aliphatic rings. The maximum Gasteiger partial charge on any atom is 0.421 e. The van der Waals surface area contributed by atoms with Crippen LogP contribution in [-0.4, -0.2) is 45.8 Å². The van der Waals surface area contributed by atoms with E-state index in [1.807, 2.05) is 0 Å². The number of hydrogen-bond donors (Lipinski definition) is 1. The van der Waals surface area contributed by atoms with Gasteiger partial charge in [-0.05, 0) is 24.0 Å². The van der Waals surface area contributed by atoms with E-state index in [0.717, 1.165) is 26.1 Å². The number of fused-ring (bicyclic) bond motifs is 1. The molecular formula is C16H25N3O3. The van der Waals surface area contributed by atoms with Crippen molar-refractivity contribution in [2.24, 2.45) is 5.41 Å². The molecule has 0 atom stereocenters. The van der Waals surface area contributed by atoms with Crippen molar-refractivity contribution >= 4 is 11.2 Å². The van der Waals surface area contributed by atoms with Gasteiger partial charge >= 0.3 is 5.76 Å². The van der Waals surface area contributed by atoms with E-state index in [9.17, 15) is 4.79 Å². The van der Waals surface area contributed by atoms with Gasteiger partial charge in [-0.1, -0.05) is 20.8 Å². The van der Waals surface area contributed by atoms with Crippen LogP contribution in [0, 0.1) is 5.41 Å². The minimum absolute atomic E-state index is 0.164. The van der Waals surface area contributed by atoms with Gasteiger partial charge in [0, 0.05) is 39.0 Å². The van der Waals surface area contributed by atoms with Crippen molar-refractivity contribution in [2.75, 3.05) is 26.2 Å². The number of aromatic nitrogens is 2. The minimum atomic E-state index is -0.369. The maximum absolute atomic E-state index is 11.9. The van der Waals surface area contributed by atoms with Crippen LogP contribution in [0.15, 0.2) is 27.5 Å². The average Bonchev–Trinajstić information content (AvgIpc) is 2.76. The molecule has 0 bridgehead atoms. The van der Waals surface area contributed by atoms with Crippen molar-refractivity contribution < 1.29 is 9.52 Å². The molecule has 0 saturated heterocycles. The van der Waals surface area contributed by atoms with Gasteiger partial charge in [-0.25, -0.2) is 9.78 Å². The molecule has 0 saturated carbocycles. The van der Waals surface area contributed by atoms with Gasteiger partial charge in [0.2, 0.25) is 0 Å². The Morgan fingerprint density at radius 3 is 2.82 bits per heavy atom. The molecule has 2 rings (SSSR count). The second kappa shape index (κ2) is 7.07. The van der Waals surface area contributed by atoms with Crippen LogP contribution >= 0.6 is 0 Å². The van der Waals surface area contributed by atoms with Crippen molar-refractivity contribution in [3.05, 3.63) is 28.9 Å². The number of oxazole rings is 1. The molecule has 6 heteroatoms. The third kappa shape index (κ3) is 4.42. The van der Waals surface area contributed by atoms with Crippen LogP contribution in [0.3, 0.4) is 0 Å². The third-order valence-corrected chi connectivity index (χ3v) is 3.39. The van der Waals surface area contributed by atoms with Crippen LogP contribution in [-0.2, 0) is 6.54 Å². The van der Waals surface area contributed by atoms with Crippen LogP contribution < -0.4 is 5.76 Å². The monoisotopic (exact) mass is 307 g/mol. The lowest BCUT2D eigenvalue weighted by Gasteiger charge is -2.29. The number of pyridine rings is 1. The molecule has 0 aliphatic heterocycles. The fourth-order valence-corrected chi connectivity index (χ4v) is 2.57. The highest BCUT2D eigenvalue weighted by Crippen LogP contribution is 2.16. The van der Waals surface area contributed by atoms with Gasteiger partial charge in [-0.15, -0.1) is 0 Å². The van der Waals surface area contributed by atoms with E-state index in [0.29, 0.717) is 17.8 Å². The SMILES string of the molecule is CC(C)(C)CN(CCCO)CCn1c(=O)oc2cccnc21. The molecule has 0 amide bonds. The van der Waals surface area contributed by atoms with Crippen molar-refractivity contribution in [3.8, 4) is 0 Å². The summed E-state index contributed by atoms with van der Waals surface area (Å²) in [4.78, 5) is 18.4. The molecule has 122 valence electrons. The lowest BCUT2D eigenvalue weighted by molar-refractivity contribution is 0.167.